The summed E-state index contributed by atoms with van der Waals surface area (Å²) in [4.78, 5) is 1.29. The van der Waals surface area contributed by atoms with E-state index < -0.39 is 0 Å². The van der Waals surface area contributed by atoms with Gasteiger partial charge in [0.05, 0.1) is 0 Å². The first-order valence-electron chi connectivity index (χ1n) is 2.88. The lowest BCUT2D eigenvalue weighted by Gasteiger charge is -2.03. The van der Waals surface area contributed by atoms with Crippen LogP contribution in [0.15, 0.2) is 11.5 Å². The maximum atomic E-state index is 3.88. The first-order chi connectivity index (χ1) is 3.66. The lowest BCUT2D eigenvalue weighted by molar-refractivity contribution is 0.659. The van der Waals surface area contributed by atoms with Crippen LogP contribution in [-0.2, 0) is 0 Å². The molecule has 0 aromatic heterocycles. The van der Waals surface area contributed by atoms with E-state index in [2.05, 4.69) is 26.7 Å². The van der Waals surface area contributed by atoms with Crippen molar-refractivity contribution in [1.82, 2.24) is 0 Å². The van der Waals surface area contributed by atoms with E-state index in [-0.39, 0.29) is 0 Å². The fourth-order valence-electron chi connectivity index (χ4n) is 0.539. The fraction of sp³-hybridized carbons (Fsp3) is 0.714. The van der Waals surface area contributed by atoms with Crippen LogP contribution in [0.3, 0.4) is 0 Å². The number of allylic oxidation sites excluding steroid dienone is 1. The van der Waals surface area contributed by atoms with Gasteiger partial charge in [0.25, 0.3) is 0 Å². The second-order valence-electron chi connectivity index (χ2n) is 2.34. The van der Waals surface area contributed by atoms with Crippen molar-refractivity contribution in [3.05, 3.63) is 11.5 Å². The molecule has 1 heteroatoms. The molecule has 0 aliphatic heterocycles. The van der Waals surface area contributed by atoms with E-state index in [1.807, 2.05) is 0 Å². The zero-order chi connectivity index (χ0) is 6.57. The molecule has 0 radical (unpaired) electrons. The zero-order valence-corrected chi connectivity index (χ0v) is 6.72. The summed E-state index contributed by atoms with van der Waals surface area (Å²) < 4.78 is 0. The lowest BCUT2D eigenvalue weighted by Crippen LogP contribution is -1.85. The first-order valence-corrected chi connectivity index (χ1v) is 4.11. The van der Waals surface area contributed by atoms with Crippen molar-refractivity contribution in [3.8, 4) is 0 Å². The molecule has 0 aromatic carbocycles. The molecular weight excluding hydrogens is 116 g/mol. The largest absolute Gasteiger partial charge is 0.135 e. The summed E-state index contributed by atoms with van der Waals surface area (Å²) in [6, 6.07) is 0. The van der Waals surface area contributed by atoms with Crippen molar-refractivity contribution < 1.29 is 0 Å². The van der Waals surface area contributed by atoms with Crippen LogP contribution >= 0.6 is 11.8 Å². The Hall–Kier alpha value is 0.0900. The topological polar surface area (TPSA) is 0 Å². The number of rotatable bonds is 3. The third kappa shape index (κ3) is 4.25. The SMILES string of the molecule is C=C(CC(C)C)SC. The van der Waals surface area contributed by atoms with Crippen LogP contribution in [0.2, 0.25) is 0 Å². The summed E-state index contributed by atoms with van der Waals surface area (Å²) >= 11 is 1.76. The van der Waals surface area contributed by atoms with Gasteiger partial charge in [0.2, 0.25) is 0 Å². The van der Waals surface area contributed by atoms with Gasteiger partial charge in [-0.1, -0.05) is 20.4 Å². The minimum absolute atomic E-state index is 0.759. The van der Waals surface area contributed by atoms with Crippen LogP contribution in [0, 0.1) is 5.92 Å². The monoisotopic (exact) mass is 130 g/mol. The molecule has 0 unspecified atom stereocenters. The molecule has 0 amide bonds. The van der Waals surface area contributed by atoms with E-state index in [4.69, 9.17) is 0 Å². The minimum Gasteiger partial charge on any atom is -0.135 e. The van der Waals surface area contributed by atoms with Gasteiger partial charge in [0, 0.05) is 0 Å². The van der Waals surface area contributed by atoms with Crippen LogP contribution in [0.5, 0.6) is 0 Å². The fourth-order valence-corrected chi connectivity index (χ4v) is 1.04. The molecule has 0 spiro atoms. The van der Waals surface area contributed by atoms with Crippen LogP contribution in [0.4, 0.5) is 0 Å². The molecule has 0 bridgehead atoms. The Kier molecular flexibility index (Phi) is 4.06. The smallest absolute Gasteiger partial charge is 0.0140 e. The Balaban J connectivity index is 3.25. The maximum absolute atomic E-state index is 3.88. The Morgan fingerprint density at radius 1 is 1.62 bits per heavy atom. The zero-order valence-electron chi connectivity index (χ0n) is 5.90. The molecule has 0 nitrogen and oxygen atoms in total. The van der Waals surface area contributed by atoms with Crippen molar-refractivity contribution in [1.29, 1.82) is 0 Å². The van der Waals surface area contributed by atoms with Crippen molar-refractivity contribution >= 4 is 11.8 Å². The van der Waals surface area contributed by atoms with Gasteiger partial charge in [-0.2, -0.15) is 0 Å². The van der Waals surface area contributed by atoms with Crippen LogP contribution in [0.25, 0.3) is 0 Å². The highest BCUT2D eigenvalue weighted by Gasteiger charge is 1.94. The average Bonchev–Trinajstić information content (AvgIpc) is 1.65. The first kappa shape index (κ1) is 8.09. The molecule has 0 saturated carbocycles. The molecule has 0 N–H and O–H groups in total. The molecule has 0 aromatic rings. The second-order valence-corrected chi connectivity index (χ2v) is 3.33. The maximum Gasteiger partial charge on any atom is -0.0140 e. The highest BCUT2D eigenvalue weighted by atomic mass is 32.2. The van der Waals surface area contributed by atoms with Crippen molar-refractivity contribution in [3.63, 3.8) is 0 Å². The van der Waals surface area contributed by atoms with Gasteiger partial charge in [-0.15, -0.1) is 11.8 Å². The van der Waals surface area contributed by atoms with Gasteiger partial charge in [0.1, 0.15) is 0 Å². The molecule has 0 aliphatic rings. The molecule has 0 atom stereocenters. The quantitative estimate of drug-likeness (QED) is 0.566. The number of hydrogen-bond donors (Lipinski definition) is 0. The van der Waals surface area contributed by atoms with E-state index in [1.54, 1.807) is 11.8 Å². The molecule has 0 aliphatic carbocycles. The highest BCUT2D eigenvalue weighted by Crippen LogP contribution is 2.17. The molecule has 0 rings (SSSR count). The number of thioether (sulfide) groups is 1. The van der Waals surface area contributed by atoms with E-state index in [0.29, 0.717) is 0 Å². The summed E-state index contributed by atoms with van der Waals surface area (Å²) in [7, 11) is 0. The Morgan fingerprint density at radius 2 is 2.12 bits per heavy atom. The highest BCUT2D eigenvalue weighted by molar-refractivity contribution is 8.02. The van der Waals surface area contributed by atoms with Gasteiger partial charge in [0.15, 0.2) is 0 Å². The number of hydrogen-bond acceptors (Lipinski definition) is 1. The molecule has 8 heavy (non-hydrogen) atoms. The van der Waals surface area contributed by atoms with Gasteiger partial charge in [-0.3, -0.25) is 0 Å². The Labute approximate surface area is 56.4 Å². The van der Waals surface area contributed by atoms with Crippen LogP contribution < -0.4 is 0 Å². The van der Waals surface area contributed by atoms with E-state index in [0.717, 1.165) is 12.3 Å². The molecule has 0 saturated heterocycles. The third-order valence-corrected chi connectivity index (χ3v) is 1.67. The predicted molar refractivity (Wildman–Crippen MR) is 42.1 cm³/mol. The van der Waals surface area contributed by atoms with E-state index in [9.17, 15) is 0 Å². The molecule has 0 heterocycles. The Morgan fingerprint density at radius 3 is 2.25 bits per heavy atom. The van der Waals surface area contributed by atoms with Gasteiger partial charge >= 0.3 is 0 Å². The van der Waals surface area contributed by atoms with Crippen LogP contribution in [-0.4, -0.2) is 6.26 Å². The standard InChI is InChI=1S/C7H14S/c1-6(2)5-7(3)8-4/h6H,3,5H2,1-2,4H3. The summed E-state index contributed by atoms with van der Waals surface area (Å²) in [6.07, 6.45) is 3.23. The van der Waals surface area contributed by atoms with E-state index >= 15 is 0 Å². The van der Waals surface area contributed by atoms with Crippen LogP contribution in [0.1, 0.15) is 20.3 Å². The molecule has 0 fully saturated rings. The van der Waals surface area contributed by atoms with E-state index in [1.165, 1.54) is 4.91 Å². The third-order valence-electron chi connectivity index (χ3n) is 0.925. The van der Waals surface area contributed by atoms with Gasteiger partial charge < -0.3 is 0 Å². The second kappa shape index (κ2) is 4.02. The minimum atomic E-state index is 0.759. The normalized spacial score (nSPS) is 10.0. The molecular formula is C7H14S. The van der Waals surface area contributed by atoms with Crippen molar-refractivity contribution in [2.24, 2.45) is 5.92 Å². The van der Waals surface area contributed by atoms with Gasteiger partial charge in [-0.25, -0.2) is 0 Å². The average molecular weight is 130 g/mol. The van der Waals surface area contributed by atoms with Crippen molar-refractivity contribution in [2.75, 3.05) is 6.26 Å². The summed E-state index contributed by atoms with van der Waals surface area (Å²) in [6.45, 7) is 8.30. The summed E-state index contributed by atoms with van der Waals surface area (Å²) in [5.74, 6) is 0.759. The lowest BCUT2D eigenvalue weighted by atomic mass is 10.1. The van der Waals surface area contributed by atoms with Gasteiger partial charge in [-0.05, 0) is 23.5 Å². The Bertz CT molecular complexity index is 74.5. The predicted octanol–water partition coefficient (Wildman–Crippen LogP) is 2.91. The van der Waals surface area contributed by atoms with Crippen molar-refractivity contribution in [2.45, 2.75) is 20.3 Å². The molecule has 48 valence electrons. The summed E-state index contributed by atoms with van der Waals surface area (Å²) in [5, 5.41) is 0. The summed E-state index contributed by atoms with van der Waals surface area (Å²) in [5.41, 5.74) is 0.